The Morgan fingerprint density at radius 1 is 0.897 bits per heavy atom. The van der Waals surface area contributed by atoms with Crippen LogP contribution in [0.1, 0.15) is 15.9 Å². The Bertz CT molecular complexity index is 1500. The number of nitrogens with one attached hydrogen (secondary N) is 3. The third-order valence-corrected chi connectivity index (χ3v) is 6.89. The molecular formula is C29H22BrClN4O3S. The fourth-order valence-electron chi connectivity index (χ4n) is 3.32. The van der Waals surface area contributed by atoms with Crippen molar-refractivity contribution in [1.29, 1.82) is 0 Å². The average molecular weight is 622 g/mol. The van der Waals surface area contributed by atoms with Gasteiger partial charge in [0.05, 0.1) is 10.8 Å². The molecule has 4 rings (SSSR count). The number of hydrogen-bond acceptors (Lipinski definition) is 5. The molecule has 0 bridgehead atoms. The van der Waals surface area contributed by atoms with E-state index in [4.69, 9.17) is 11.6 Å². The minimum Gasteiger partial charge on any atom is -0.321 e. The normalized spacial score (nSPS) is 11.0. The third kappa shape index (κ3) is 8.81. The number of carbonyl (C=O) groups excluding carboxylic acids is 3. The Hall–Kier alpha value is -3.92. The molecular weight excluding hydrogens is 600 g/mol. The van der Waals surface area contributed by atoms with Crippen molar-refractivity contribution in [1.82, 2.24) is 10.3 Å². The highest BCUT2D eigenvalue weighted by Crippen LogP contribution is 2.22. The quantitative estimate of drug-likeness (QED) is 0.144. The van der Waals surface area contributed by atoms with Crippen molar-refractivity contribution >= 4 is 74.6 Å². The summed E-state index contributed by atoms with van der Waals surface area (Å²) in [5, 5.41) is 8.74. The lowest BCUT2D eigenvalue weighted by Gasteiger charge is -2.12. The first-order valence-corrected chi connectivity index (χ1v) is 13.8. The van der Waals surface area contributed by atoms with Gasteiger partial charge in [0.25, 0.3) is 11.8 Å². The molecule has 3 aromatic carbocycles. The number of rotatable bonds is 9. The minimum atomic E-state index is -0.477. The summed E-state index contributed by atoms with van der Waals surface area (Å²) >= 11 is 10.6. The lowest BCUT2D eigenvalue weighted by atomic mass is 10.1. The molecule has 0 spiro atoms. The zero-order chi connectivity index (χ0) is 27.6. The Morgan fingerprint density at radius 2 is 1.67 bits per heavy atom. The van der Waals surface area contributed by atoms with E-state index >= 15 is 0 Å². The van der Waals surface area contributed by atoms with Crippen molar-refractivity contribution in [2.24, 2.45) is 0 Å². The van der Waals surface area contributed by atoms with E-state index in [0.717, 1.165) is 14.9 Å². The highest BCUT2D eigenvalue weighted by atomic mass is 79.9. The number of hydrogen-bond donors (Lipinski definition) is 3. The van der Waals surface area contributed by atoms with Gasteiger partial charge in [-0.25, -0.2) is 4.98 Å². The molecule has 7 nitrogen and oxygen atoms in total. The first kappa shape index (κ1) is 28.1. The van der Waals surface area contributed by atoms with Crippen LogP contribution in [0.2, 0.25) is 5.02 Å². The molecule has 4 aromatic rings. The van der Waals surface area contributed by atoms with Crippen molar-refractivity contribution in [3.05, 3.63) is 124 Å². The maximum Gasteiger partial charge on any atom is 0.272 e. The van der Waals surface area contributed by atoms with Crippen LogP contribution in [0, 0.1) is 0 Å². The number of pyridine rings is 1. The smallest absolute Gasteiger partial charge is 0.272 e. The van der Waals surface area contributed by atoms with Crippen molar-refractivity contribution in [3.63, 3.8) is 0 Å². The summed E-state index contributed by atoms with van der Waals surface area (Å²) in [6.07, 6.45) is 3.07. The molecule has 10 heteroatoms. The maximum atomic E-state index is 13.2. The fourth-order valence-corrected chi connectivity index (χ4v) is 4.54. The second kappa shape index (κ2) is 13.7. The molecule has 0 atom stereocenters. The first-order chi connectivity index (χ1) is 18.9. The Balaban J connectivity index is 1.40. The summed E-state index contributed by atoms with van der Waals surface area (Å²) in [6.45, 7) is 0. The van der Waals surface area contributed by atoms with Gasteiger partial charge >= 0.3 is 0 Å². The van der Waals surface area contributed by atoms with Crippen molar-refractivity contribution in [2.75, 3.05) is 16.4 Å². The number of thioether (sulfide) groups is 1. The standard InChI is InChI=1S/C29H22BrClN4O3S/c30-21-8-4-5-19(15-21)16-25(34-28(37)20-6-2-1-3-7-20)29(38)33-23-10-12-24(13-11-23)39-18-27(36)35-26-14-9-22(31)17-32-26/h1-17H,18H2,(H,33,38)(H,34,37)(H,32,35,36)/b25-16-. The van der Waals surface area contributed by atoms with Gasteiger partial charge in [-0.05, 0) is 72.3 Å². The molecule has 0 fully saturated rings. The van der Waals surface area contributed by atoms with Gasteiger partial charge in [-0.3, -0.25) is 14.4 Å². The molecule has 0 aliphatic heterocycles. The van der Waals surface area contributed by atoms with Gasteiger partial charge in [0.2, 0.25) is 5.91 Å². The number of benzene rings is 3. The molecule has 0 unspecified atom stereocenters. The molecule has 1 heterocycles. The summed E-state index contributed by atoms with van der Waals surface area (Å²) < 4.78 is 0.844. The topological polar surface area (TPSA) is 100 Å². The lowest BCUT2D eigenvalue weighted by Crippen LogP contribution is -2.30. The van der Waals surface area contributed by atoms with Crippen molar-refractivity contribution < 1.29 is 14.4 Å². The molecule has 0 saturated heterocycles. The van der Waals surface area contributed by atoms with Crippen molar-refractivity contribution in [2.45, 2.75) is 4.90 Å². The number of amides is 3. The second-order valence-electron chi connectivity index (χ2n) is 8.11. The van der Waals surface area contributed by atoms with Crippen LogP contribution >= 0.6 is 39.3 Å². The highest BCUT2D eigenvalue weighted by molar-refractivity contribution is 9.10. The first-order valence-electron chi connectivity index (χ1n) is 11.6. The molecule has 0 radical (unpaired) electrons. The third-order valence-electron chi connectivity index (χ3n) is 5.17. The molecule has 196 valence electrons. The Morgan fingerprint density at radius 3 is 2.36 bits per heavy atom. The number of halogens is 2. The van der Waals surface area contributed by atoms with E-state index in [9.17, 15) is 14.4 Å². The predicted octanol–water partition coefficient (Wildman–Crippen LogP) is 6.64. The van der Waals surface area contributed by atoms with E-state index in [2.05, 4.69) is 36.9 Å². The largest absolute Gasteiger partial charge is 0.321 e. The fraction of sp³-hybridized carbons (Fsp3) is 0.0345. The van der Waals surface area contributed by atoms with E-state index in [-0.39, 0.29) is 17.4 Å². The number of anilines is 2. The molecule has 3 amide bonds. The van der Waals surface area contributed by atoms with Crippen LogP contribution in [0.4, 0.5) is 11.5 Å². The van der Waals surface area contributed by atoms with Crippen LogP contribution in [-0.2, 0) is 9.59 Å². The van der Waals surface area contributed by atoms with Gasteiger partial charge in [-0.2, -0.15) is 0 Å². The number of aromatic nitrogens is 1. The summed E-state index contributed by atoms with van der Waals surface area (Å²) in [5.41, 5.74) is 1.80. The summed E-state index contributed by atoms with van der Waals surface area (Å²) in [6, 6.07) is 26.4. The van der Waals surface area contributed by atoms with E-state index < -0.39 is 11.8 Å². The van der Waals surface area contributed by atoms with E-state index in [1.54, 1.807) is 66.7 Å². The summed E-state index contributed by atoms with van der Waals surface area (Å²) in [5.74, 6) is -0.473. The Labute approximate surface area is 243 Å². The van der Waals surface area contributed by atoms with Gasteiger partial charge in [0.1, 0.15) is 11.5 Å². The molecule has 3 N–H and O–H groups in total. The SMILES string of the molecule is O=C(CSc1ccc(NC(=O)/C(=C/c2cccc(Br)c2)NC(=O)c2ccccc2)cc1)Nc1ccc(Cl)cn1. The molecule has 0 saturated carbocycles. The molecule has 0 aliphatic rings. The average Bonchev–Trinajstić information content (AvgIpc) is 2.94. The van der Waals surface area contributed by atoms with E-state index in [1.165, 1.54) is 18.0 Å². The van der Waals surface area contributed by atoms with E-state index in [0.29, 0.717) is 22.1 Å². The van der Waals surface area contributed by atoms with Crippen LogP contribution in [0.15, 0.2) is 112 Å². The summed E-state index contributed by atoms with van der Waals surface area (Å²) in [7, 11) is 0. The van der Waals surface area contributed by atoms with Gasteiger partial charge in [0.15, 0.2) is 0 Å². The van der Waals surface area contributed by atoms with Crippen LogP contribution in [-0.4, -0.2) is 28.5 Å². The monoisotopic (exact) mass is 620 g/mol. The van der Waals surface area contributed by atoms with Gasteiger partial charge in [-0.1, -0.05) is 57.9 Å². The molecule has 0 aliphatic carbocycles. The minimum absolute atomic E-state index is 0.0906. The Kier molecular flexibility index (Phi) is 9.91. The van der Waals surface area contributed by atoms with Gasteiger partial charge in [-0.15, -0.1) is 11.8 Å². The molecule has 39 heavy (non-hydrogen) atoms. The zero-order valence-electron chi connectivity index (χ0n) is 20.4. The van der Waals surface area contributed by atoms with Crippen LogP contribution < -0.4 is 16.0 Å². The zero-order valence-corrected chi connectivity index (χ0v) is 23.5. The summed E-state index contributed by atoms with van der Waals surface area (Å²) in [4.78, 5) is 43.1. The number of nitrogens with zero attached hydrogens (tertiary/aromatic N) is 1. The highest BCUT2D eigenvalue weighted by Gasteiger charge is 2.15. The molecule has 1 aromatic heterocycles. The van der Waals surface area contributed by atoms with Gasteiger partial charge in [0, 0.05) is 26.8 Å². The van der Waals surface area contributed by atoms with Crippen LogP contribution in [0.25, 0.3) is 6.08 Å². The maximum absolute atomic E-state index is 13.2. The predicted molar refractivity (Wildman–Crippen MR) is 160 cm³/mol. The lowest BCUT2D eigenvalue weighted by molar-refractivity contribution is -0.114. The number of carbonyl (C=O) groups is 3. The van der Waals surface area contributed by atoms with Crippen molar-refractivity contribution in [3.8, 4) is 0 Å². The van der Waals surface area contributed by atoms with Crippen LogP contribution in [0.3, 0.4) is 0 Å². The van der Waals surface area contributed by atoms with E-state index in [1.807, 2.05) is 30.3 Å². The van der Waals surface area contributed by atoms with Crippen LogP contribution in [0.5, 0.6) is 0 Å². The van der Waals surface area contributed by atoms with Gasteiger partial charge < -0.3 is 16.0 Å². The second-order valence-corrected chi connectivity index (χ2v) is 10.5.